The van der Waals surface area contributed by atoms with E-state index < -0.39 is 0 Å². The third-order valence-corrected chi connectivity index (χ3v) is 1.41. The Morgan fingerprint density at radius 1 is 1.50 bits per heavy atom. The van der Waals surface area contributed by atoms with Crippen molar-refractivity contribution in [3.8, 4) is 5.75 Å². The summed E-state index contributed by atoms with van der Waals surface area (Å²) < 4.78 is 4.95. The summed E-state index contributed by atoms with van der Waals surface area (Å²) in [6.07, 6.45) is 0. The van der Waals surface area contributed by atoms with Gasteiger partial charge in [0.15, 0.2) is 0 Å². The van der Waals surface area contributed by atoms with E-state index in [-0.39, 0.29) is 18.9 Å². The maximum absolute atomic E-state index is 6.76. The van der Waals surface area contributed by atoms with Crippen LogP contribution in [0.25, 0.3) is 4.85 Å². The Morgan fingerprint density at radius 3 is 2.58 bits per heavy atom. The number of methoxy groups -OCH3 is 1. The second-order valence-corrected chi connectivity index (χ2v) is 2.11. The summed E-state index contributed by atoms with van der Waals surface area (Å²) in [4.78, 5) is 3.28. The first kappa shape index (κ1) is 11.0. The van der Waals surface area contributed by atoms with Crippen LogP contribution in [-0.4, -0.2) is 7.11 Å². The number of rotatable bonds is 1. The molecule has 12 heavy (non-hydrogen) atoms. The zero-order valence-electron chi connectivity index (χ0n) is 7.29. The largest absolute Gasteiger partial charge is 1.00 e. The molecule has 3 heteroatoms. The molecule has 0 radical (unpaired) electrons. The van der Waals surface area contributed by atoms with Crippen LogP contribution in [0, 0.1) is 13.5 Å². The molecular weight excluding hydrogens is 145 g/mol. The molecule has 0 N–H and O–H groups in total. The van der Waals surface area contributed by atoms with Crippen LogP contribution in [0.4, 0.5) is 5.69 Å². The molecule has 0 atom stereocenters. The van der Waals surface area contributed by atoms with E-state index in [0.717, 1.165) is 5.75 Å². The van der Waals surface area contributed by atoms with Crippen molar-refractivity contribution < 1.29 is 23.6 Å². The first-order valence-electron chi connectivity index (χ1n) is 3.15. The van der Waals surface area contributed by atoms with Crippen molar-refractivity contribution in [3.63, 3.8) is 0 Å². The van der Waals surface area contributed by atoms with Crippen LogP contribution in [0.15, 0.2) is 18.2 Å². The Hall–Kier alpha value is -1.02. The number of hydrogen-bond acceptors (Lipinski definition) is 1. The summed E-state index contributed by atoms with van der Waals surface area (Å²) in [6, 6.07) is 5.20. The van der Waals surface area contributed by atoms with Gasteiger partial charge >= 0.3 is 18.9 Å². The average molecular weight is 153 g/mol. The van der Waals surface area contributed by atoms with Crippen molar-refractivity contribution >= 4 is 5.69 Å². The van der Waals surface area contributed by atoms with Crippen LogP contribution in [0.2, 0.25) is 0 Å². The van der Waals surface area contributed by atoms with Gasteiger partial charge in [0.05, 0.1) is 12.9 Å². The predicted octanol–water partition coefficient (Wildman–Crippen LogP) is -0.568. The number of benzene rings is 1. The molecular formula is C9H8LiNO. The van der Waals surface area contributed by atoms with Crippen molar-refractivity contribution in [1.29, 1.82) is 0 Å². The van der Waals surface area contributed by atoms with Gasteiger partial charge in [-0.2, -0.15) is 6.92 Å². The molecule has 2 nitrogen and oxygen atoms in total. The molecule has 0 aliphatic rings. The fourth-order valence-corrected chi connectivity index (χ4v) is 0.798. The standard InChI is InChI=1S/C9H8NO.Li/c1-7-6-8(11-3)4-5-9(7)10-2;/h4-6H,1H2,3H3;/q-1;+1. The van der Waals surface area contributed by atoms with E-state index in [2.05, 4.69) is 11.8 Å². The van der Waals surface area contributed by atoms with Gasteiger partial charge in [0.25, 0.3) is 0 Å². The fourth-order valence-electron chi connectivity index (χ4n) is 0.798. The average Bonchev–Trinajstić information content (AvgIpc) is 2.04. The van der Waals surface area contributed by atoms with Gasteiger partial charge in [-0.1, -0.05) is 0 Å². The van der Waals surface area contributed by atoms with E-state index in [0.29, 0.717) is 11.3 Å². The zero-order valence-corrected chi connectivity index (χ0v) is 7.29. The molecule has 0 fully saturated rings. The molecule has 0 aromatic heterocycles. The van der Waals surface area contributed by atoms with Crippen LogP contribution in [-0.2, 0) is 0 Å². The molecule has 0 bridgehead atoms. The minimum atomic E-state index is 0. The maximum atomic E-state index is 6.76. The molecule has 1 aromatic carbocycles. The van der Waals surface area contributed by atoms with E-state index in [9.17, 15) is 0 Å². The van der Waals surface area contributed by atoms with Gasteiger partial charge in [-0.05, 0) is 12.1 Å². The van der Waals surface area contributed by atoms with Gasteiger partial charge < -0.3 is 4.74 Å². The second-order valence-electron chi connectivity index (χ2n) is 2.11. The Labute approximate surface area is 84.5 Å². The molecule has 0 unspecified atom stereocenters. The smallest absolute Gasteiger partial charge is 0.510 e. The number of hydrogen-bond donors (Lipinski definition) is 0. The quantitative estimate of drug-likeness (QED) is 0.389. The van der Waals surface area contributed by atoms with Crippen LogP contribution in [0.5, 0.6) is 5.75 Å². The van der Waals surface area contributed by atoms with E-state index in [1.54, 1.807) is 25.3 Å². The molecule has 0 spiro atoms. The molecule has 0 amide bonds. The third kappa shape index (κ3) is 2.24. The van der Waals surface area contributed by atoms with Crippen LogP contribution in [0.1, 0.15) is 5.56 Å². The maximum Gasteiger partial charge on any atom is 1.00 e. The minimum absolute atomic E-state index is 0. The van der Waals surface area contributed by atoms with E-state index in [1.165, 1.54) is 0 Å². The first-order valence-corrected chi connectivity index (χ1v) is 3.15. The summed E-state index contributed by atoms with van der Waals surface area (Å²) >= 11 is 0. The normalized spacial score (nSPS) is 8.00. The zero-order chi connectivity index (χ0) is 8.27. The SMILES string of the molecule is [C-]#[N+]c1ccc(OC)cc1[CH2-].[Li+]. The van der Waals surface area contributed by atoms with E-state index in [4.69, 9.17) is 11.3 Å². The Morgan fingerprint density at radius 2 is 2.17 bits per heavy atom. The van der Waals surface area contributed by atoms with Crippen LogP contribution < -0.4 is 23.6 Å². The fraction of sp³-hybridized carbons (Fsp3) is 0.111. The van der Waals surface area contributed by atoms with Gasteiger partial charge in [0.1, 0.15) is 6.57 Å². The molecule has 0 heterocycles. The van der Waals surface area contributed by atoms with Gasteiger partial charge in [-0.25, -0.2) is 4.85 Å². The third-order valence-electron chi connectivity index (χ3n) is 1.41. The van der Waals surface area contributed by atoms with Crippen molar-refractivity contribution in [2.75, 3.05) is 7.11 Å². The van der Waals surface area contributed by atoms with E-state index in [1.807, 2.05) is 0 Å². The molecule has 0 aliphatic carbocycles. The van der Waals surface area contributed by atoms with Crippen molar-refractivity contribution in [1.82, 2.24) is 0 Å². The first-order chi connectivity index (χ1) is 5.27. The topological polar surface area (TPSA) is 13.6 Å². The van der Waals surface area contributed by atoms with Gasteiger partial charge in [0, 0.05) is 0 Å². The number of nitrogens with zero attached hydrogens (tertiary/aromatic N) is 1. The molecule has 0 saturated carbocycles. The second kappa shape index (κ2) is 4.77. The summed E-state index contributed by atoms with van der Waals surface area (Å²) in [5.74, 6) is 0.738. The Kier molecular flexibility index (Phi) is 4.37. The molecule has 56 valence electrons. The monoisotopic (exact) mass is 153 g/mol. The predicted molar refractivity (Wildman–Crippen MR) is 43.7 cm³/mol. The molecule has 1 aromatic rings. The molecule has 1 rings (SSSR count). The summed E-state index contributed by atoms with van der Waals surface area (Å²) in [6.45, 7) is 10.5. The molecule has 0 saturated heterocycles. The Balaban J connectivity index is 0.00000121. The van der Waals surface area contributed by atoms with Crippen LogP contribution in [0.3, 0.4) is 0 Å². The van der Waals surface area contributed by atoms with Gasteiger partial charge in [-0.15, -0.1) is 11.6 Å². The Bertz CT molecular complexity index is 304. The number of ether oxygens (including phenoxy) is 1. The van der Waals surface area contributed by atoms with Crippen LogP contribution >= 0.6 is 0 Å². The minimum Gasteiger partial charge on any atom is -0.510 e. The molecule has 0 aliphatic heterocycles. The van der Waals surface area contributed by atoms with E-state index >= 15 is 0 Å². The van der Waals surface area contributed by atoms with Crippen molar-refractivity contribution in [2.24, 2.45) is 0 Å². The summed E-state index contributed by atoms with van der Waals surface area (Å²) in [5.41, 5.74) is 1.28. The summed E-state index contributed by atoms with van der Waals surface area (Å²) in [7, 11) is 1.59. The van der Waals surface area contributed by atoms with Crippen molar-refractivity contribution in [2.45, 2.75) is 0 Å². The van der Waals surface area contributed by atoms with Gasteiger partial charge in [-0.3, -0.25) is 0 Å². The van der Waals surface area contributed by atoms with Gasteiger partial charge in [0.2, 0.25) is 5.69 Å². The summed E-state index contributed by atoms with van der Waals surface area (Å²) in [5, 5.41) is 0. The van der Waals surface area contributed by atoms with Crippen molar-refractivity contribution in [3.05, 3.63) is 42.1 Å².